The summed E-state index contributed by atoms with van der Waals surface area (Å²) in [6.45, 7) is 1.63. The van der Waals surface area contributed by atoms with E-state index in [0.717, 1.165) is 5.56 Å². The lowest BCUT2D eigenvalue weighted by Gasteiger charge is -2.35. The molecule has 2 saturated heterocycles. The fourth-order valence-electron chi connectivity index (χ4n) is 2.38. The Hall–Kier alpha value is -1.46. The van der Waals surface area contributed by atoms with Crippen molar-refractivity contribution in [3.63, 3.8) is 0 Å². The first-order valence-electron chi connectivity index (χ1n) is 6.01. The minimum Gasteiger partial charge on any atom is -0.355 e. The number of carbonyl (C=O) groups excluding carboxylic acids is 1. The maximum absolute atomic E-state index is 13.0. The van der Waals surface area contributed by atoms with Gasteiger partial charge in [-0.25, -0.2) is 4.39 Å². The topological polar surface area (TPSA) is 47.6 Å². The molecule has 2 heterocycles. The van der Waals surface area contributed by atoms with Gasteiger partial charge in [0.1, 0.15) is 5.82 Å². The van der Waals surface area contributed by atoms with E-state index in [4.69, 9.17) is 9.47 Å². The Kier molecular flexibility index (Phi) is 2.80. The molecule has 0 bridgehead atoms. The fourth-order valence-corrected chi connectivity index (χ4v) is 2.38. The summed E-state index contributed by atoms with van der Waals surface area (Å²) < 4.78 is 24.3. The highest BCUT2D eigenvalue weighted by atomic mass is 19.1. The lowest BCUT2D eigenvalue weighted by molar-refractivity contribution is -0.185. The SMILES string of the molecule is O=C1NCC1CC1(c2ccc(F)cc2)OCCO1. The van der Waals surface area contributed by atoms with Crippen LogP contribution in [0.4, 0.5) is 4.39 Å². The summed E-state index contributed by atoms with van der Waals surface area (Å²) in [6.07, 6.45) is 0.477. The highest BCUT2D eigenvalue weighted by molar-refractivity contribution is 5.84. The zero-order chi connectivity index (χ0) is 12.6. The van der Waals surface area contributed by atoms with Crippen LogP contribution in [0.1, 0.15) is 12.0 Å². The summed E-state index contributed by atoms with van der Waals surface area (Å²) in [5, 5.41) is 2.70. The van der Waals surface area contributed by atoms with Gasteiger partial charge in [-0.05, 0) is 12.1 Å². The monoisotopic (exact) mass is 251 g/mol. The molecule has 0 spiro atoms. The number of hydrogen-bond donors (Lipinski definition) is 1. The maximum Gasteiger partial charge on any atom is 0.225 e. The van der Waals surface area contributed by atoms with Crippen LogP contribution in [0.15, 0.2) is 24.3 Å². The van der Waals surface area contributed by atoms with Crippen molar-refractivity contribution in [2.24, 2.45) is 5.92 Å². The first-order valence-corrected chi connectivity index (χ1v) is 6.01. The number of halogens is 1. The number of ether oxygens (including phenoxy) is 2. The first-order chi connectivity index (χ1) is 8.70. The molecule has 0 aromatic heterocycles. The van der Waals surface area contributed by atoms with Crippen LogP contribution < -0.4 is 5.32 Å². The molecule has 0 saturated carbocycles. The highest BCUT2D eigenvalue weighted by Gasteiger charge is 2.44. The number of rotatable bonds is 3. The molecule has 2 aliphatic rings. The van der Waals surface area contributed by atoms with Crippen LogP contribution in [0.5, 0.6) is 0 Å². The molecule has 1 unspecified atom stereocenters. The van der Waals surface area contributed by atoms with Crippen molar-refractivity contribution in [1.82, 2.24) is 5.32 Å². The predicted octanol–water partition coefficient (Wildman–Crippen LogP) is 1.16. The number of amides is 1. The van der Waals surface area contributed by atoms with Gasteiger partial charge in [-0.15, -0.1) is 0 Å². The van der Waals surface area contributed by atoms with Crippen LogP contribution in [0.3, 0.4) is 0 Å². The average molecular weight is 251 g/mol. The first kappa shape index (κ1) is 11.6. The predicted molar refractivity (Wildman–Crippen MR) is 61.1 cm³/mol. The molecule has 2 aliphatic heterocycles. The fraction of sp³-hybridized carbons (Fsp3) is 0.462. The highest BCUT2D eigenvalue weighted by Crippen LogP contribution is 2.38. The molecule has 96 valence electrons. The van der Waals surface area contributed by atoms with Crippen LogP contribution in [0, 0.1) is 11.7 Å². The van der Waals surface area contributed by atoms with Gasteiger partial charge in [-0.2, -0.15) is 0 Å². The van der Waals surface area contributed by atoms with E-state index in [0.29, 0.717) is 26.2 Å². The Morgan fingerprint density at radius 3 is 2.44 bits per heavy atom. The third-order valence-corrected chi connectivity index (χ3v) is 3.45. The summed E-state index contributed by atoms with van der Waals surface area (Å²) >= 11 is 0. The lowest BCUT2D eigenvalue weighted by Crippen LogP contribution is -2.51. The van der Waals surface area contributed by atoms with Gasteiger partial charge in [0.15, 0.2) is 5.79 Å². The van der Waals surface area contributed by atoms with Crippen molar-refractivity contribution in [1.29, 1.82) is 0 Å². The smallest absolute Gasteiger partial charge is 0.225 e. The summed E-state index contributed by atoms with van der Waals surface area (Å²) in [4.78, 5) is 11.4. The van der Waals surface area contributed by atoms with E-state index in [2.05, 4.69) is 5.32 Å². The molecule has 0 aliphatic carbocycles. The number of β-lactam (4-membered cyclic amide) rings is 1. The van der Waals surface area contributed by atoms with Gasteiger partial charge in [-0.3, -0.25) is 4.79 Å². The Balaban J connectivity index is 1.86. The minimum atomic E-state index is -0.893. The Bertz CT molecular complexity index is 454. The van der Waals surface area contributed by atoms with Crippen LogP contribution in [0.2, 0.25) is 0 Å². The van der Waals surface area contributed by atoms with Crippen LogP contribution in [-0.2, 0) is 20.1 Å². The molecule has 3 rings (SSSR count). The standard InChI is InChI=1S/C13H14FNO3/c14-11-3-1-10(2-4-11)13(17-5-6-18-13)7-9-8-15-12(9)16/h1-4,9H,5-8H2,(H,15,16). The lowest BCUT2D eigenvalue weighted by atomic mass is 9.89. The number of carbonyl (C=O) groups is 1. The van der Waals surface area contributed by atoms with Gasteiger partial charge >= 0.3 is 0 Å². The van der Waals surface area contributed by atoms with E-state index in [1.165, 1.54) is 12.1 Å². The van der Waals surface area contributed by atoms with Gasteiger partial charge < -0.3 is 14.8 Å². The van der Waals surface area contributed by atoms with Gasteiger partial charge in [0.2, 0.25) is 5.91 Å². The van der Waals surface area contributed by atoms with Gasteiger partial charge in [0.25, 0.3) is 0 Å². The van der Waals surface area contributed by atoms with Crippen LogP contribution in [0.25, 0.3) is 0 Å². The molecule has 1 atom stereocenters. The van der Waals surface area contributed by atoms with Crippen molar-refractivity contribution in [3.05, 3.63) is 35.6 Å². The van der Waals surface area contributed by atoms with Crippen molar-refractivity contribution in [2.75, 3.05) is 19.8 Å². The van der Waals surface area contributed by atoms with Gasteiger partial charge in [0, 0.05) is 18.5 Å². The van der Waals surface area contributed by atoms with E-state index in [9.17, 15) is 9.18 Å². The summed E-state index contributed by atoms with van der Waals surface area (Å²) in [5.74, 6) is -1.26. The minimum absolute atomic E-state index is 0.0237. The molecule has 0 radical (unpaired) electrons. The Morgan fingerprint density at radius 2 is 1.94 bits per heavy atom. The molecule has 5 heteroatoms. The third kappa shape index (κ3) is 1.89. The van der Waals surface area contributed by atoms with Gasteiger partial charge in [0.05, 0.1) is 19.1 Å². The van der Waals surface area contributed by atoms with E-state index >= 15 is 0 Å². The molecular formula is C13H14FNO3. The zero-order valence-corrected chi connectivity index (χ0v) is 9.82. The second-order valence-electron chi connectivity index (χ2n) is 4.60. The normalized spacial score (nSPS) is 25.6. The Labute approximate surface area is 104 Å². The summed E-state index contributed by atoms with van der Waals surface area (Å²) in [5.41, 5.74) is 0.765. The number of nitrogens with one attached hydrogen (secondary N) is 1. The molecule has 2 fully saturated rings. The van der Waals surface area contributed by atoms with Gasteiger partial charge in [-0.1, -0.05) is 12.1 Å². The third-order valence-electron chi connectivity index (χ3n) is 3.45. The summed E-state index contributed by atoms with van der Waals surface area (Å²) in [6, 6.07) is 6.06. The second-order valence-corrected chi connectivity index (χ2v) is 4.60. The molecule has 18 heavy (non-hydrogen) atoms. The maximum atomic E-state index is 13.0. The molecule has 4 nitrogen and oxygen atoms in total. The van der Waals surface area contributed by atoms with Crippen molar-refractivity contribution < 1.29 is 18.7 Å². The zero-order valence-electron chi connectivity index (χ0n) is 9.82. The van der Waals surface area contributed by atoms with E-state index < -0.39 is 5.79 Å². The average Bonchev–Trinajstić information content (AvgIpc) is 2.85. The largest absolute Gasteiger partial charge is 0.355 e. The number of benzene rings is 1. The van der Waals surface area contributed by atoms with Crippen molar-refractivity contribution >= 4 is 5.91 Å². The molecule has 1 amide bonds. The van der Waals surface area contributed by atoms with E-state index in [-0.39, 0.29) is 17.6 Å². The summed E-state index contributed by atoms with van der Waals surface area (Å²) in [7, 11) is 0. The molecule has 1 aromatic rings. The molecule has 1 aromatic carbocycles. The van der Waals surface area contributed by atoms with E-state index in [1.54, 1.807) is 12.1 Å². The molecule has 1 N–H and O–H groups in total. The van der Waals surface area contributed by atoms with E-state index in [1.807, 2.05) is 0 Å². The Morgan fingerprint density at radius 1 is 1.28 bits per heavy atom. The molecular weight excluding hydrogens is 237 g/mol. The van der Waals surface area contributed by atoms with Crippen LogP contribution >= 0.6 is 0 Å². The van der Waals surface area contributed by atoms with Crippen molar-refractivity contribution in [3.8, 4) is 0 Å². The van der Waals surface area contributed by atoms with Crippen LogP contribution in [-0.4, -0.2) is 25.7 Å². The quantitative estimate of drug-likeness (QED) is 0.820. The van der Waals surface area contributed by atoms with Crippen molar-refractivity contribution in [2.45, 2.75) is 12.2 Å². The number of hydrogen-bond acceptors (Lipinski definition) is 3. The second kappa shape index (κ2) is 4.33.